The maximum Gasteiger partial charge on any atom is 0.0642 e. The first-order valence-electron chi connectivity index (χ1n) is 6.43. The molecule has 18 heavy (non-hydrogen) atoms. The molecule has 0 saturated carbocycles. The van der Waals surface area contributed by atoms with Crippen LogP contribution in [-0.2, 0) is 19.9 Å². The first kappa shape index (κ1) is 12.8. The van der Waals surface area contributed by atoms with Crippen molar-refractivity contribution in [3.63, 3.8) is 0 Å². The Kier molecular flexibility index (Phi) is 3.82. The molecule has 0 aliphatic carbocycles. The van der Waals surface area contributed by atoms with Gasteiger partial charge < -0.3 is 5.73 Å². The zero-order chi connectivity index (χ0) is 13.0. The normalized spacial score (nSPS) is 14.4. The van der Waals surface area contributed by atoms with Crippen LogP contribution < -0.4 is 5.73 Å². The summed E-state index contributed by atoms with van der Waals surface area (Å²) in [5.41, 5.74) is 8.67. The van der Waals surface area contributed by atoms with E-state index in [1.165, 1.54) is 5.56 Å². The highest BCUT2D eigenvalue weighted by Crippen LogP contribution is 2.19. The molecule has 2 N–H and O–H groups in total. The molecular weight excluding hydrogens is 222 g/mol. The Morgan fingerprint density at radius 2 is 1.89 bits per heavy atom. The smallest absolute Gasteiger partial charge is 0.0642 e. The van der Waals surface area contributed by atoms with Crippen molar-refractivity contribution in [2.75, 3.05) is 0 Å². The molecule has 0 spiro atoms. The minimum absolute atomic E-state index is 0.213. The predicted molar refractivity (Wildman–Crippen MR) is 74.3 cm³/mol. The number of nitrogens with two attached hydrogens (primary N) is 1. The lowest BCUT2D eigenvalue weighted by Gasteiger charge is -2.27. The lowest BCUT2D eigenvalue weighted by molar-refractivity contribution is 0.399. The second-order valence-corrected chi connectivity index (χ2v) is 5.04. The molecular formula is C15H21N3. The molecule has 0 fully saturated rings. The van der Waals surface area contributed by atoms with Crippen molar-refractivity contribution in [3.8, 4) is 0 Å². The number of hydrogen-bond donors (Lipinski definition) is 1. The highest BCUT2D eigenvalue weighted by Gasteiger charge is 2.24. The van der Waals surface area contributed by atoms with E-state index in [2.05, 4.69) is 36.3 Å². The highest BCUT2D eigenvalue weighted by molar-refractivity contribution is 5.19. The first-order chi connectivity index (χ1) is 8.61. The lowest BCUT2D eigenvalue weighted by atomic mass is 9.85. The summed E-state index contributed by atoms with van der Waals surface area (Å²) in [6.45, 7) is 2.14. The number of nitrogens with zero attached hydrogens (tertiary/aromatic N) is 2. The molecule has 0 aliphatic heterocycles. The van der Waals surface area contributed by atoms with E-state index in [1.807, 2.05) is 30.1 Å². The van der Waals surface area contributed by atoms with Gasteiger partial charge in [-0.05, 0) is 24.5 Å². The predicted octanol–water partition coefficient (Wildman–Crippen LogP) is 2.31. The average Bonchev–Trinajstić information content (AvgIpc) is 2.75. The molecule has 0 aliphatic rings. The van der Waals surface area contributed by atoms with E-state index < -0.39 is 0 Å². The third-order valence-corrected chi connectivity index (χ3v) is 3.41. The van der Waals surface area contributed by atoms with E-state index in [0.717, 1.165) is 25.0 Å². The highest BCUT2D eigenvalue weighted by atomic mass is 15.2. The zero-order valence-electron chi connectivity index (χ0n) is 11.1. The van der Waals surface area contributed by atoms with Crippen LogP contribution in [0.15, 0.2) is 42.6 Å². The minimum atomic E-state index is -0.213. The minimum Gasteiger partial charge on any atom is -0.324 e. The topological polar surface area (TPSA) is 43.8 Å². The van der Waals surface area contributed by atoms with E-state index >= 15 is 0 Å². The van der Waals surface area contributed by atoms with E-state index in [0.29, 0.717) is 0 Å². The summed E-state index contributed by atoms with van der Waals surface area (Å²) in [4.78, 5) is 0. The van der Waals surface area contributed by atoms with Gasteiger partial charge in [0.1, 0.15) is 0 Å². The molecule has 1 unspecified atom stereocenters. The molecule has 96 valence electrons. The lowest BCUT2D eigenvalue weighted by Crippen LogP contribution is -2.43. The van der Waals surface area contributed by atoms with E-state index in [9.17, 15) is 0 Å². The third kappa shape index (κ3) is 3.20. The van der Waals surface area contributed by atoms with E-state index in [4.69, 9.17) is 5.73 Å². The van der Waals surface area contributed by atoms with Crippen LogP contribution in [0.4, 0.5) is 0 Å². The molecule has 3 nitrogen and oxygen atoms in total. The SMILES string of the molecule is CCC(N)(Cc1ccccc1)Cc1ccn(C)n1. The quantitative estimate of drug-likeness (QED) is 0.875. The Hall–Kier alpha value is -1.61. The van der Waals surface area contributed by atoms with Crippen molar-refractivity contribution in [1.82, 2.24) is 9.78 Å². The summed E-state index contributed by atoms with van der Waals surface area (Å²) < 4.78 is 1.83. The maximum atomic E-state index is 6.52. The van der Waals surface area contributed by atoms with Crippen molar-refractivity contribution in [2.24, 2.45) is 12.8 Å². The summed E-state index contributed by atoms with van der Waals surface area (Å²) in [7, 11) is 1.94. The molecule has 2 aromatic rings. The van der Waals surface area contributed by atoms with Crippen LogP contribution in [0.5, 0.6) is 0 Å². The summed E-state index contributed by atoms with van der Waals surface area (Å²) in [5, 5.41) is 4.42. The van der Waals surface area contributed by atoms with Crippen molar-refractivity contribution in [1.29, 1.82) is 0 Å². The number of rotatable bonds is 5. The van der Waals surface area contributed by atoms with Gasteiger partial charge in [0.25, 0.3) is 0 Å². The molecule has 0 saturated heterocycles. The van der Waals surface area contributed by atoms with Gasteiger partial charge in [-0.2, -0.15) is 5.10 Å². The van der Waals surface area contributed by atoms with Crippen molar-refractivity contribution < 1.29 is 0 Å². The van der Waals surface area contributed by atoms with Gasteiger partial charge in [-0.1, -0.05) is 37.3 Å². The van der Waals surface area contributed by atoms with E-state index in [-0.39, 0.29) is 5.54 Å². The van der Waals surface area contributed by atoms with Crippen LogP contribution in [0.1, 0.15) is 24.6 Å². The van der Waals surface area contributed by atoms with Crippen LogP contribution in [0.25, 0.3) is 0 Å². The Bertz CT molecular complexity index is 489. The Morgan fingerprint density at radius 1 is 1.17 bits per heavy atom. The monoisotopic (exact) mass is 243 g/mol. The zero-order valence-corrected chi connectivity index (χ0v) is 11.1. The largest absolute Gasteiger partial charge is 0.324 e. The van der Waals surface area contributed by atoms with Gasteiger partial charge in [0.15, 0.2) is 0 Å². The fourth-order valence-corrected chi connectivity index (χ4v) is 2.23. The standard InChI is InChI=1S/C15H21N3/c1-3-15(16,11-13-7-5-4-6-8-13)12-14-9-10-18(2)17-14/h4-10H,3,11-12,16H2,1-2H3. The van der Waals surface area contributed by atoms with Crippen LogP contribution in [-0.4, -0.2) is 15.3 Å². The van der Waals surface area contributed by atoms with Gasteiger partial charge >= 0.3 is 0 Å². The number of hydrogen-bond acceptors (Lipinski definition) is 2. The molecule has 3 heteroatoms. The van der Waals surface area contributed by atoms with Crippen LogP contribution in [0, 0.1) is 0 Å². The fraction of sp³-hybridized carbons (Fsp3) is 0.400. The van der Waals surface area contributed by atoms with Crippen molar-refractivity contribution >= 4 is 0 Å². The van der Waals surface area contributed by atoms with Crippen molar-refractivity contribution in [3.05, 3.63) is 53.9 Å². The average molecular weight is 243 g/mol. The second-order valence-electron chi connectivity index (χ2n) is 5.04. The summed E-state index contributed by atoms with van der Waals surface area (Å²) in [6.07, 6.45) is 4.62. The molecule has 0 amide bonds. The molecule has 2 rings (SSSR count). The molecule has 1 atom stereocenters. The van der Waals surface area contributed by atoms with Gasteiger partial charge in [0.05, 0.1) is 5.69 Å². The van der Waals surface area contributed by atoms with Gasteiger partial charge in [0.2, 0.25) is 0 Å². The van der Waals surface area contributed by atoms with Crippen LogP contribution in [0.2, 0.25) is 0 Å². The molecule has 1 aromatic heterocycles. The van der Waals surface area contributed by atoms with Crippen LogP contribution >= 0.6 is 0 Å². The van der Waals surface area contributed by atoms with Gasteiger partial charge in [-0.25, -0.2) is 0 Å². The number of aryl methyl sites for hydroxylation is 1. The maximum absolute atomic E-state index is 6.52. The molecule has 0 radical (unpaired) electrons. The Labute approximate surface area is 109 Å². The second kappa shape index (κ2) is 5.36. The third-order valence-electron chi connectivity index (χ3n) is 3.41. The molecule has 0 bridgehead atoms. The molecule has 1 heterocycles. The number of aromatic nitrogens is 2. The Balaban J connectivity index is 2.10. The molecule has 1 aromatic carbocycles. The summed E-state index contributed by atoms with van der Waals surface area (Å²) >= 11 is 0. The first-order valence-corrected chi connectivity index (χ1v) is 6.43. The fourth-order valence-electron chi connectivity index (χ4n) is 2.23. The van der Waals surface area contributed by atoms with Crippen molar-refractivity contribution in [2.45, 2.75) is 31.7 Å². The van der Waals surface area contributed by atoms with Gasteiger partial charge in [-0.3, -0.25) is 4.68 Å². The van der Waals surface area contributed by atoms with Crippen LogP contribution in [0.3, 0.4) is 0 Å². The van der Waals surface area contributed by atoms with Gasteiger partial charge in [-0.15, -0.1) is 0 Å². The summed E-state index contributed by atoms with van der Waals surface area (Å²) in [5.74, 6) is 0. The van der Waals surface area contributed by atoms with Gasteiger partial charge in [0, 0.05) is 25.2 Å². The number of benzene rings is 1. The Morgan fingerprint density at radius 3 is 2.44 bits per heavy atom. The van der Waals surface area contributed by atoms with E-state index in [1.54, 1.807) is 0 Å². The summed E-state index contributed by atoms with van der Waals surface area (Å²) in [6, 6.07) is 12.5.